The van der Waals surface area contributed by atoms with Crippen molar-refractivity contribution in [3.63, 3.8) is 0 Å². The van der Waals surface area contributed by atoms with Gasteiger partial charge in [-0.25, -0.2) is 4.79 Å². The van der Waals surface area contributed by atoms with Crippen molar-refractivity contribution in [1.82, 2.24) is 0 Å². The van der Waals surface area contributed by atoms with E-state index in [2.05, 4.69) is 5.32 Å². The van der Waals surface area contributed by atoms with Gasteiger partial charge in [-0.1, -0.05) is 23.7 Å². The molecule has 0 aromatic heterocycles. The van der Waals surface area contributed by atoms with Crippen molar-refractivity contribution in [2.75, 3.05) is 17.7 Å². The zero-order chi connectivity index (χ0) is 16.1. The topological polar surface area (TPSA) is 81.4 Å². The molecular formula is C16H15ClN2O3. The number of anilines is 2. The van der Waals surface area contributed by atoms with Crippen LogP contribution in [-0.4, -0.2) is 18.5 Å². The minimum atomic E-state index is -0.539. The molecule has 2 aromatic rings. The molecule has 0 aliphatic rings. The Balaban J connectivity index is 2.23. The predicted octanol–water partition coefficient (Wildman–Crippen LogP) is 3.35. The van der Waals surface area contributed by atoms with Gasteiger partial charge in [0.25, 0.3) is 5.91 Å². The van der Waals surface area contributed by atoms with Gasteiger partial charge in [-0.05, 0) is 37.3 Å². The van der Waals surface area contributed by atoms with Gasteiger partial charge >= 0.3 is 5.97 Å². The summed E-state index contributed by atoms with van der Waals surface area (Å²) in [6.45, 7) is 1.95. The first-order valence-electron chi connectivity index (χ1n) is 6.65. The third-order valence-electron chi connectivity index (χ3n) is 2.92. The third-order valence-corrected chi connectivity index (χ3v) is 3.25. The minimum absolute atomic E-state index is 0.197. The van der Waals surface area contributed by atoms with Crippen LogP contribution in [0.2, 0.25) is 5.02 Å². The summed E-state index contributed by atoms with van der Waals surface area (Å²) in [5, 5.41) is 2.94. The summed E-state index contributed by atoms with van der Waals surface area (Å²) in [7, 11) is 0. The SMILES string of the molecule is CCOC(=O)c1cc(NC(=O)c2ccccc2N)ccc1Cl. The molecule has 5 nitrogen and oxygen atoms in total. The Labute approximate surface area is 133 Å². The fraction of sp³-hybridized carbons (Fsp3) is 0.125. The van der Waals surface area contributed by atoms with Crippen LogP contribution in [0.5, 0.6) is 0 Å². The summed E-state index contributed by atoms with van der Waals surface area (Å²) in [4.78, 5) is 24.0. The van der Waals surface area contributed by atoms with E-state index in [-0.39, 0.29) is 23.1 Å². The molecule has 6 heteroatoms. The second kappa shape index (κ2) is 6.95. The van der Waals surface area contributed by atoms with Crippen molar-refractivity contribution in [3.8, 4) is 0 Å². The molecule has 2 rings (SSSR count). The van der Waals surface area contributed by atoms with Crippen LogP contribution in [0, 0.1) is 0 Å². The highest BCUT2D eigenvalue weighted by molar-refractivity contribution is 6.33. The number of hydrogen-bond acceptors (Lipinski definition) is 4. The molecule has 0 saturated heterocycles. The van der Waals surface area contributed by atoms with E-state index in [1.807, 2.05) is 0 Å². The number of nitrogens with two attached hydrogens (primary N) is 1. The Morgan fingerprint density at radius 2 is 1.91 bits per heavy atom. The summed E-state index contributed by atoms with van der Waals surface area (Å²) in [5.41, 5.74) is 7.12. The lowest BCUT2D eigenvalue weighted by Gasteiger charge is -2.10. The van der Waals surface area contributed by atoms with Crippen LogP contribution >= 0.6 is 11.6 Å². The molecule has 2 aromatic carbocycles. The van der Waals surface area contributed by atoms with Gasteiger partial charge < -0.3 is 15.8 Å². The largest absolute Gasteiger partial charge is 0.462 e. The number of carbonyl (C=O) groups excluding carboxylic acids is 2. The van der Waals surface area contributed by atoms with Crippen molar-refractivity contribution in [2.45, 2.75) is 6.92 Å². The zero-order valence-electron chi connectivity index (χ0n) is 11.9. The maximum atomic E-state index is 12.2. The number of para-hydroxylation sites is 1. The van der Waals surface area contributed by atoms with Gasteiger partial charge in [0.15, 0.2) is 0 Å². The lowest BCUT2D eigenvalue weighted by molar-refractivity contribution is 0.0526. The fourth-order valence-electron chi connectivity index (χ4n) is 1.87. The quantitative estimate of drug-likeness (QED) is 0.669. The molecule has 0 bridgehead atoms. The van der Waals surface area contributed by atoms with Crippen LogP contribution in [0.4, 0.5) is 11.4 Å². The van der Waals surface area contributed by atoms with Gasteiger partial charge in [-0.3, -0.25) is 4.79 Å². The summed E-state index contributed by atoms with van der Waals surface area (Å²) < 4.78 is 4.92. The lowest BCUT2D eigenvalue weighted by atomic mass is 10.1. The maximum absolute atomic E-state index is 12.2. The number of benzene rings is 2. The van der Waals surface area contributed by atoms with Crippen LogP contribution in [0.15, 0.2) is 42.5 Å². The van der Waals surface area contributed by atoms with Crippen molar-refractivity contribution in [3.05, 3.63) is 58.6 Å². The fourth-order valence-corrected chi connectivity index (χ4v) is 2.07. The number of amides is 1. The monoisotopic (exact) mass is 318 g/mol. The Kier molecular flexibility index (Phi) is 5.01. The minimum Gasteiger partial charge on any atom is -0.462 e. The third kappa shape index (κ3) is 3.56. The van der Waals surface area contributed by atoms with E-state index >= 15 is 0 Å². The molecule has 22 heavy (non-hydrogen) atoms. The number of nitrogens with one attached hydrogen (secondary N) is 1. The number of rotatable bonds is 4. The molecule has 3 N–H and O–H groups in total. The van der Waals surface area contributed by atoms with Crippen molar-refractivity contribution in [2.24, 2.45) is 0 Å². The van der Waals surface area contributed by atoms with E-state index in [1.54, 1.807) is 37.3 Å². The van der Waals surface area contributed by atoms with Gasteiger partial charge in [0.1, 0.15) is 0 Å². The summed E-state index contributed by atoms with van der Waals surface area (Å²) in [5.74, 6) is -0.905. The molecule has 1 amide bonds. The number of carbonyl (C=O) groups is 2. The Bertz CT molecular complexity index is 716. The van der Waals surface area contributed by atoms with Crippen LogP contribution in [0.25, 0.3) is 0 Å². The molecule has 114 valence electrons. The number of ether oxygens (including phenoxy) is 1. The standard InChI is InChI=1S/C16H15ClN2O3/c1-2-22-16(21)12-9-10(7-8-13(12)17)19-15(20)11-5-3-4-6-14(11)18/h3-9H,2,18H2,1H3,(H,19,20). The van der Waals surface area contributed by atoms with Crippen LogP contribution in [0.3, 0.4) is 0 Å². The van der Waals surface area contributed by atoms with Crippen LogP contribution in [0.1, 0.15) is 27.6 Å². The number of esters is 1. The Hall–Kier alpha value is -2.53. The number of nitrogen functional groups attached to an aromatic ring is 1. The van der Waals surface area contributed by atoms with Gasteiger partial charge in [0, 0.05) is 11.4 Å². The highest BCUT2D eigenvalue weighted by Crippen LogP contribution is 2.22. The van der Waals surface area contributed by atoms with E-state index in [4.69, 9.17) is 22.1 Å². The smallest absolute Gasteiger partial charge is 0.339 e. The average Bonchev–Trinajstić information content (AvgIpc) is 2.49. The summed E-state index contributed by atoms with van der Waals surface area (Å²) in [6, 6.07) is 11.3. The molecular weight excluding hydrogens is 304 g/mol. The van der Waals surface area contributed by atoms with Crippen LogP contribution < -0.4 is 11.1 Å². The maximum Gasteiger partial charge on any atom is 0.339 e. The summed E-state index contributed by atoms with van der Waals surface area (Å²) >= 11 is 5.97. The molecule has 0 atom stereocenters. The first-order valence-corrected chi connectivity index (χ1v) is 7.03. The Morgan fingerprint density at radius 3 is 2.59 bits per heavy atom. The van der Waals surface area contributed by atoms with Gasteiger partial charge in [0.2, 0.25) is 0 Å². The van der Waals surface area contributed by atoms with Gasteiger partial charge in [0.05, 0.1) is 22.8 Å². The average molecular weight is 319 g/mol. The van der Waals surface area contributed by atoms with E-state index < -0.39 is 5.97 Å². The predicted molar refractivity (Wildman–Crippen MR) is 86.2 cm³/mol. The van der Waals surface area contributed by atoms with E-state index in [0.717, 1.165) is 0 Å². The molecule has 0 unspecified atom stereocenters. The molecule has 0 spiro atoms. The van der Waals surface area contributed by atoms with Crippen molar-refractivity contribution >= 4 is 34.9 Å². The molecule has 0 radical (unpaired) electrons. The molecule has 0 aliphatic heterocycles. The number of halogens is 1. The first-order chi connectivity index (χ1) is 10.5. The normalized spacial score (nSPS) is 10.1. The van der Waals surface area contributed by atoms with Gasteiger partial charge in [-0.2, -0.15) is 0 Å². The van der Waals surface area contributed by atoms with Gasteiger partial charge in [-0.15, -0.1) is 0 Å². The molecule has 0 aliphatic carbocycles. The van der Waals surface area contributed by atoms with E-state index in [9.17, 15) is 9.59 Å². The second-order valence-electron chi connectivity index (χ2n) is 4.46. The highest BCUT2D eigenvalue weighted by atomic mass is 35.5. The van der Waals surface area contributed by atoms with Crippen LogP contribution in [-0.2, 0) is 4.74 Å². The van der Waals surface area contributed by atoms with E-state index in [1.165, 1.54) is 12.1 Å². The lowest BCUT2D eigenvalue weighted by Crippen LogP contribution is -2.14. The number of hydrogen-bond donors (Lipinski definition) is 2. The summed E-state index contributed by atoms with van der Waals surface area (Å²) in [6.07, 6.45) is 0. The van der Waals surface area contributed by atoms with E-state index in [0.29, 0.717) is 16.9 Å². The second-order valence-corrected chi connectivity index (χ2v) is 4.86. The highest BCUT2D eigenvalue weighted by Gasteiger charge is 2.14. The van der Waals surface area contributed by atoms with Crippen molar-refractivity contribution in [1.29, 1.82) is 0 Å². The Morgan fingerprint density at radius 1 is 1.18 bits per heavy atom. The molecule has 0 fully saturated rings. The first kappa shape index (κ1) is 15.9. The molecule has 0 saturated carbocycles. The zero-order valence-corrected chi connectivity index (χ0v) is 12.7. The molecule has 0 heterocycles. The van der Waals surface area contributed by atoms with Crippen molar-refractivity contribution < 1.29 is 14.3 Å².